The highest BCUT2D eigenvalue weighted by Crippen LogP contribution is 2.41. The molecule has 1 aromatic heterocycles. The molecule has 0 bridgehead atoms. The second-order valence-electron chi connectivity index (χ2n) is 3.48. The molecule has 0 unspecified atom stereocenters. The second kappa shape index (κ2) is 4.57. The van der Waals surface area contributed by atoms with Crippen molar-refractivity contribution in [1.29, 1.82) is 0 Å². The van der Waals surface area contributed by atoms with E-state index in [-0.39, 0.29) is 0 Å². The zero-order valence-electron chi connectivity index (χ0n) is 8.52. The summed E-state index contributed by atoms with van der Waals surface area (Å²) in [4.78, 5) is 11.2. The first-order valence-corrected chi connectivity index (χ1v) is 5.88. The van der Waals surface area contributed by atoms with Crippen molar-refractivity contribution in [2.45, 2.75) is 32.1 Å². The molecular weight excluding hydrogens is 214 g/mol. The summed E-state index contributed by atoms with van der Waals surface area (Å²) < 4.78 is 4.87. The number of ether oxygens (including phenoxy) is 1. The molecule has 1 aliphatic carbocycles. The van der Waals surface area contributed by atoms with Gasteiger partial charge in [-0.1, -0.05) is 18.3 Å². The third-order valence-corrected chi connectivity index (χ3v) is 3.01. The Kier molecular flexibility index (Phi) is 3.15. The zero-order chi connectivity index (χ0) is 10.7. The molecule has 2 rings (SSSR count). The van der Waals surface area contributed by atoms with Gasteiger partial charge in [-0.15, -0.1) is 10.2 Å². The van der Waals surface area contributed by atoms with Crippen molar-refractivity contribution in [3.8, 4) is 0 Å². The smallest absolute Gasteiger partial charge is 0.413 e. The van der Waals surface area contributed by atoms with Gasteiger partial charge in [-0.25, -0.2) is 4.79 Å². The molecule has 5 nitrogen and oxygen atoms in total. The summed E-state index contributed by atoms with van der Waals surface area (Å²) in [5.41, 5.74) is 0. The lowest BCUT2D eigenvalue weighted by molar-refractivity contribution is 0.161. The molecule has 0 spiro atoms. The Morgan fingerprint density at radius 1 is 1.60 bits per heavy atom. The molecule has 1 saturated carbocycles. The van der Waals surface area contributed by atoms with Crippen molar-refractivity contribution in [3.63, 3.8) is 0 Å². The summed E-state index contributed by atoms with van der Waals surface area (Å²) >= 11 is 1.43. The molecule has 0 atom stereocenters. The third kappa shape index (κ3) is 2.89. The average Bonchev–Trinajstić information content (AvgIpc) is 2.98. The topological polar surface area (TPSA) is 64.1 Å². The van der Waals surface area contributed by atoms with Crippen molar-refractivity contribution in [3.05, 3.63) is 5.01 Å². The molecule has 15 heavy (non-hydrogen) atoms. The molecule has 1 amide bonds. The molecule has 0 radical (unpaired) electrons. The highest BCUT2D eigenvalue weighted by atomic mass is 32.1. The first-order valence-electron chi connectivity index (χ1n) is 5.06. The van der Waals surface area contributed by atoms with Gasteiger partial charge in [0.2, 0.25) is 5.13 Å². The van der Waals surface area contributed by atoms with E-state index in [4.69, 9.17) is 4.74 Å². The fraction of sp³-hybridized carbons (Fsp3) is 0.667. The van der Waals surface area contributed by atoms with Crippen LogP contribution in [0.15, 0.2) is 0 Å². The minimum Gasteiger partial charge on any atom is -0.449 e. The van der Waals surface area contributed by atoms with Crippen LogP contribution >= 0.6 is 11.3 Å². The van der Waals surface area contributed by atoms with Crippen LogP contribution in [0.5, 0.6) is 0 Å². The normalized spacial score (nSPS) is 15.0. The minimum atomic E-state index is -0.449. The largest absolute Gasteiger partial charge is 0.449 e. The summed E-state index contributed by atoms with van der Waals surface area (Å²) in [6.07, 6.45) is 2.75. The molecule has 0 aliphatic heterocycles. The Hall–Kier alpha value is -1.17. The molecule has 1 aromatic rings. The predicted molar refractivity (Wildman–Crippen MR) is 57.1 cm³/mol. The van der Waals surface area contributed by atoms with Gasteiger partial charge in [0.15, 0.2) is 0 Å². The lowest BCUT2D eigenvalue weighted by atomic mass is 10.5. The molecule has 1 heterocycles. The SMILES string of the molecule is CCCOC(=O)Nc1nnc(C2CC2)s1. The van der Waals surface area contributed by atoms with Gasteiger partial charge in [0.25, 0.3) is 0 Å². The molecule has 6 heteroatoms. The van der Waals surface area contributed by atoms with E-state index in [1.807, 2.05) is 6.92 Å². The quantitative estimate of drug-likeness (QED) is 0.857. The number of rotatable bonds is 4. The molecule has 1 N–H and O–H groups in total. The highest BCUT2D eigenvalue weighted by Gasteiger charge is 2.27. The van der Waals surface area contributed by atoms with Gasteiger partial charge in [0, 0.05) is 5.92 Å². The van der Waals surface area contributed by atoms with Gasteiger partial charge >= 0.3 is 6.09 Å². The number of carbonyl (C=O) groups is 1. The molecular formula is C9H13N3O2S. The number of nitrogens with one attached hydrogen (secondary N) is 1. The molecule has 1 fully saturated rings. The number of nitrogens with zero attached hydrogens (tertiary/aromatic N) is 2. The van der Waals surface area contributed by atoms with E-state index in [0.29, 0.717) is 17.7 Å². The second-order valence-corrected chi connectivity index (χ2v) is 4.49. The van der Waals surface area contributed by atoms with Crippen LogP contribution in [0.3, 0.4) is 0 Å². The van der Waals surface area contributed by atoms with Crippen LogP contribution in [0, 0.1) is 0 Å². The minimum absolute atomic E-state index is 0.431. The number of aromatic nitrogens is 2. The van der Waals surface area contributed by atoms with Crippen LogP contribution in [0.25, 0.3) is 0 Å². The van der Waals surface area contributed by atoms with E-state index in [1.165, 1.54) is 24.2 Å². The van der Waals surface area contributed by atoms with Gasteiger partial charge < -0.3 is 4.74 Å². The Labute approximate surface area is 91.9 Å². The summed E-state index contributed by atoms with van der Waals surface area (Å²) in [5, 5.41) is 12.0. The van der Waals surface area contributed by atoms with Gasteiger partial charge in [-0.05, 0) is 19.3 Å². The fourth-order valence-electron chi connectivity index (χ4n) is 1.10. The van der Waals surface area contributed by atoms with Crippen LogP contribution in [0.4, 0.5) is 9.93 Å². The van der Waals surface area contributed by atoms with E-state index in [1.54, 1.807) is 0 Å². The van der Waals surface area contributed by atoms with Crippen LogP contribution in [-0.4, -0.2) is 22.9 Å². The Morgan fingerprint density at radius 3 is 3.07 bits per heavy atom. The van der Waals surface area contributed by atoms with Crippen molar-refractivity contribution >= 4 is 22.6 Å². The van der Waals surface area contributed by atoms with Crippen LogP contribution < -0.4 is 5.32 Å². The van der Waals surface area contributed by atoms with Crippen molar-refractivity contribution in [2.75, 3.05) is 11.9 Å². The number of hydrogen-bond acceptors (Lipinski definition) is 5. The van der Waals surface area contributed by atoms with Crippen LogP contribution in [-0.2, 0) is 4.74 Å². The van der Waals surface area contributed by atoms with E-state index < -0.39 is 6.09 Å². The summed E-state index contributed by atoms with van der Waals surface area (Å²) in [6, 6.07) is 0. The highest BCUT2D eigenvalue weighted by molar-refractivity contribution is 7.15. The van der Waals surface area contributed by atoms with Crippen molar-refractivity contribution < 1.29 is 9.53 Å². The predicted octanol–water partition coefficient (Wildman–Crippen LogP) is 2.37. The van der Waals surface area contributed by atoms with E-state index in [0.717, 1.165) is 11.4 Å². The Morgan fingerprint density at radius 2 is 2.40 bits per heavy atom. The number of anilines is 1. The summed E-state index contributed by atoms with van der Waals surface area (Å²) in [5.74, 6) is 0.574. The zero-order valence-corrected chi connectivity index (χ0v) is 9.34. The summed E-state index contributed by atoms with van der Waals surface area (Å²) in [6.45, 7) is 2.38. The maximum absolute atomic E-state index is 11.2. The average molecular weight is 227 g/mol. The van der Waals surface area contributed by atoms with Crippen molar-refractivity contribution in [2.24, 2.45) is 0 Å². The van der Waals surface area contributed by atoms with Crippen molar-refractivity contribution in [1.82, 2.24) is 10.2 Å². The Bertz CT molecular complexity index is 349. The maximum atomic E-state index is 11.2. The lowest BCUT2D eigenvalue weighted by Crippen LogP contribution is -2.13. The lowest BCUT2D eigenvalue weighted by Gasteiger charge is -2.01. The van der Waals surface area contributed by atoms with E-state index in [9.17, 15) is 4.79 Å². The number of hydrogen-bond donors (Lipinski definition) is 1. The number of amides is 1. The third-order valence-electron chi connectivity index (χ3n) is 2.01. The van der Waals surface area contributed by atoms with E-state index in [2.05, 4.69) is 15.5 Å². The van der Waals surface area contributed by atoms with Crippen LogP contribution in [0.1, 0.15) is 37.1 Å². The monoisotopic (exact) mass is 227 g/mol. The Balaban J connectivity index is 1.84. The standard InChI is InChI=1S/C9H13N3O2S/c1-2-5-14-9(13)10-8-12-11-7(15-8)6-3-4-6/h6H,2-5H2,1H3,(H,10,12,13). The molecule has 0 aromatic carbocycles. The molecule has 0 saturated heterocycles. The number of carbonyl (C=O) groups excluding carboxylic acids is 1. The molecule has 1 aliphatic rings. The first-order chi connectivity index (χ1) is 7.29. The van der Waals surface area contributed by atoms with E-state index >= 15 is 0 Å². The van der Waals surface area contributed by atoms with Gasteiger partial charge in [0.1, 0.15) is 5.01 Å². The summed E-state index contributed by atoms with van der Waals surface area (Å²) in [7, 11) is 0. The van der Waals surface area contributed by atoms with Crippen LogP contribution in [0.2, 0.25) is 0 Å². The first kappa shape index (κ1) is 10.4. The maximum Gasteiger partial charge on any atom is 0.413 e. The van der Waals surface area contributed by atoms with Gasteiger partial charge in [-0.2, -0.15) is 0 Å². The van der Waals surface area contributed by atoms with Gasteiger partial charge in [-0.3, -0.25) is 5.32 Å². The van der Waals surface area contributed by atoms with Gasteiger partial charge in [0.05, 0.1) is 6.61 Å². The molecule has 82 valence electrons. The fourth-order valence-corrected chi connectivity index (χ4v) is 2.00.